The molecule has 0 unspecified atom stereocenters. The lowest BCUT2D eigenvalue weighted by atomic mass is 10.2. The summed E-state index contributed by atoms with van der Waals surface area (Å²) >= 11 is 7.65. The Hall–Kier alpha value is -1.39. The number of hydrogen-bond donors (Lipinski definition) is 2. The minimum atomic E-state index is -0.186. The van der Waals surface area contributed by atoms with E-state index in [2.05, 4.69) is 20.6 Å². The smallest absolute Gasteiger partial charge is 0.252 e. The SMILES string of the molecule is CN=C(NCCNC(=O)c1ccccc1Cl)N(C)Cc1csc(C)n1.I. The van der Waals surface area contributed by atoms with E-state index in [1.165, 1.54) is 0 Å². The van der Waals surface area contributed by atoms with E-state index in [0.29, 0.717) is 30.2 Å². The standard InChI is InChI=1S/C17H22ClN5OS.HI/c1-12-22-13(11-25-12)10-23(3)17(19-2)21-9-8-20-16(24)14-6-4-5-7-15(14)18;/h4-7,11H,8-10H2,1-3H3,(H,19,21)(H,20,24);1H. The van der Waals surface area contributed by atoms with E-state index in [0.717, 1.165) is 16.7 Å². The van der Waals surface area contributed by atoms with E-state index < -0.39 is 0 Å². The van der Waals surface area contributed by atoms with E-state index in [9.17, 15) is 4.79 Å². The fourth-order valence-electron chi connectivity index (χ4n) is 2.27. The van der Waals surface area contributed by atoms with Crippen LogP contribution in [0.5, 0.6) is 0 Å². The maximum atomic E-state index is 12.1. The summed E-state index contributed by atoms with van der Waals surface area (Å²) in [6, 6.07) is 6.99. The lowest BCUT2D eigenvalue weighted by Crippen LogP contribution is -2.42. The lowest BCUT2D eigenvalue weighted by Gasteiger charge is -2.21. The molecule has 9 heteroatoms. The van der Waals surface area contributed by atoms with Crippen molar-refractivity contribution in [3.63, 3.8) is 0 Å². The Morgan fingerprint density at radius 3 is 2.62 bits per heavy atom. The average Bonchev–Trinajstić information content (AvgIpc) is 2.99. The third-order valence-electron chi connectivity index (χ3n) is 3.45. The summed E-state index contributed by atoms with van der Waals surface area (Å²) in [5.41, 5.74) is 1.49. The van der Waals surface area contributed by atoms with Gasteiger partial charge < -0.3 is 15.5 Å². The van der Waals surface area contributed by atoms with Gasteiger partial charge in [0.25, 0.3) is 5.91 Å². The number of halogens is 2. The molecule has 0 spiro atoms. The molecule has 0 atom stereocenters. The molecule has 1 aromatic heterocycles. The molecule has 0 aliphatic carbocycles. The summed E-state index contributed by atoms with van der Waals surface area (Å²) in [6.07, 6.45) is 0. The zero-order valence-electron chi connectivity index (χ0n) is 15.0. The van der Waals surface area contributed by atoms with Crippen LogP contribution in [0, 0.1) is 6.92 Å². The van der Waals surface area contributed by atoms with Crippen LogP contribution in [0.15, 0.2) is 34.6 Å². The molecule has 0 saturated carbocycles. The number of aliphatic imine (C=N–C) groups is 1. The number of aromatic nitrogens is 1. The minimum absolute atomic E-state index is 0. The van der Waals surface area contributed by atoms with Gasteiger partial charge >= 0.3 is 0 Å². The maximum absolute atomic E-state index is 12.1. The number of benzene rings is 1. The van der Waals surface area contributed by atoms with Crippen molar-refractivity contribution >= 4 is 58.8 Å². The number of nitrogens with zero attached hydrogens (tertiary/aromatic N) is 3. The van der Waals surface area contributed by atoms with E-state index in [1.54, 1.807) is 42.6 Å². The maximum Gasteiger partial charge on any atom is 0.252 e. The second-order valence-corrected chi connectivity index (χ2v) is 6.89. The highest BCUT2D eigenvalue weighted by atomic mass is 127. The molecular formula is C17H23ClIN5OS. The normalized spacial score (nSPS) is 10.8. The lowest BCUT2D eigenvalue weighted by molar-refractivity contribution is 0.0954. The third-order valence-corrected chi connectivity index (χ3v) is 4.60. The van der Waals surface area contributed by atoms with Crippen LogP contribution in [0.2, 0.25) is 5.02 Å². The molecule has 0 fully saturated rings. The fourth-order valence-corrected chi connectivity index (χ4v) is 3.10. The van der Waals surface area contributed by atoms with Crippen molar-refractivity contribution in [2.75, 3.05) is 27.2 Å². The van der Waals surface area contributed by atoms with Gasteiger partial charge in [-0.25, -0.2) is 4.98 Å². The summed E-state index contributed by atoms with van der Waals surface area (Å²) in [5.74, 6) is 0.561. The Bertz CT molecular complexity index is 752. The Kier molecular flexibility index (Phi) is 9.89. The summed E-state index contributed by atoms with van der Waals surface area (Å²) < 4.78 is 0. The van der Waals surface area contributed by atoms with Gasteiger partial charge in [-0.2, -0.15) is 0 Å². The average molecular weight is 508 g/mol. The molecule has 2 aromatic rings. The van der Waals surface area contributed by atoms with Crippen LogP contribution in [0.4, 0.5) is 0 Å². The predicted octanol–water partition coefficient (Wildman–Crippen LogP) is 3.16. The van der Waals surface area contributed by atoms with Gasteiger partial charge in [-0.05, 0) is 19.1 Å². The molecule has 0 radical (unpaired) electrons. The minimum Gasteiger partial charge on any atom is -0.354 e. The van der Waals surface area contributed by atoms with E-state index in [4.69, 9.17) is 11.6 Å². The number of rotatable bonds is 6. The molecule has 1 aromatic carbocycles. The Labute approximate surface area is 180 Å². The van der Waals surface area contributed by atoms with E-state index in [-0.39, 0.29) is 29.9 Å². The van der Waals surface area contributed by atoms with Crippen LogP contribution in [0.3, 0.4) is 0 Å². The molecule has 2 rings (SSSR count). The molecule has 142 valence electrons. The summed E-state index contributed by atoms with van der Waals surface area (Å²) in [6.45, 7) is 3.69. The first-order chi connectivity index (χ1) is 12.0. The second-order valence-electron chi connectivity index (χ2n) is 5.42. The number of guanidine groups is 1. The van der Waals surface area contributed by atoms with E-state index in [1.807, 2.05) is 24.3 Å². The zero-order chi connectivity index (χ0) is 18.2. The van der Waals surface area contributed by atoms with Gasteiger partial charge in [-0.1, -0.05) is 23.7 Å². The molecule has 0 aliphatic rings. The number of hydrogen-bond acceptors (Lipinski definition) is 4. The first kappa shape index (κ1) is 22.7. The van der Waals surface area contributed by atoms with Crippen LogP contribution in [0.25, 0.3) is 0 Å². The van der Waals surface area contributed by atoms with Crippen LogP contribution in [-0.2, 0) is 6.54 Å². The number of amides is 1. The molecule has 26 heavy (non-hydrogen) atoms. The van der Waals surface area contributed by atoms with Crippen LogP contribution in [0.1, 0.15) is 21.1 Å². The Morgan fingerprint density at radius 1 is 1.31 bits per heavy atom. The van der Waals surface area contributed by atoms with Crippen molar-refractivity contribution in [2.24, 2.45) is 4.99 Å². The Morgan fingerprint density at radius 2 is 2.00 bits per heavy atom. The molecule has 0 aliphatic heterocycles. The fraction of sp³-hybridized carbons (Fsp3) is 0.353. The number of carbonyl (C=O) groups is 1. The number of nitrogens with one attached hydrogen (secondary N) is 2. The van der Waals surface area contributed by atoms with Gasteiger partial charge in [-0.15, -0.1) is 35.3 Å². The first-order valence-electron chi connectivity index (χ1n) is 7.86. The largest absolute Gasteiger partial charge is 0.354 e. The van der Waals surface area contributed by atoms with Gasteiger partial charge in [0.15, 0.2) is 5.96 Å². The van der Waals surface area contributed by atoms with Crippen LogP contribution in [-0.4, -0.2) is 48.9 Å². The monoisotopic (exact) mass is 507 g/mol. The van der Waals surface area contributed by atoms with Crippen LogP contribution >= 0.6 is 46.9 Å². The highest BCUT2D eigenvalue weighted by Crippen LogP contribution is 2.14. The topological polar surface area (TPSA) is 69.6 Å². The molecule has 6 nitrogen and oxygen atoms in total. The Balaban J connectivity index is 0.00000338. The van der Waals surface area contributed by atoms with Crippen molar-refractivity contribution in [1.29, 1.82) is 0 Å². The quantitative estimate of drug-likeness (QED) is 0.273. The predicted molar refractivity (Wildman–Crippen MR) is 119 cm³/mol. The van der Waals surface area contributed by atoms with Crippen molar-refractivity contribution in [1.82, 2.24) is 20.5 Å². The van der Waals surface area contributed by atoms with Gasteiger partial charge in [0, 0.05) is 32.6 Å². The molecule has 1 amide bonds. The van der Waals surface area contributed by atoms with Crippen molar-refractivity contribution in [3.05, 3.63) is 50.9 Å². The first-order valence-corrected chi connectivity index (χ1v) is 9.12. The van der Waals surface area contributed by atoms with Crippen LogP contribution < -0.4 is 10.6 Å². The molecular weight excluding hydrogens is 485 g/mol. The summed E-state index contributed by atoms with van der Waals surface area (Å²) in [4.78, 5) is 22.8. The number of aryl methyl sites for hydroxylation is 1. The molecule has 2 N–H and O–H groups in total. The zero-order valence-corrected chi connectivity index (χ0v) is 18.9. The van der Waals surface area contributed by atoms with Gasteiger partial charge in [0.05, 0.1) is 27.8 Å². The van der Waals surface area contributed by atoms with Gasteiger partial charge in [-0.3, -0.25) is 9.79 Å². The van der Waals surface area contributed by atoms with Gasteiger partial charge in [0.2, 0.25) is 0 Å². The van der Waals surface area contributed by atoms with Crippen molar-refractivity contribution in [3.8, 4) is 0 Å². The highest BCUT2D eigenvalue weighted by Gasteiger charge is 2.10. The number of thiazole rings is 1. The molecule has 0 saturated heterocycles. The summed E-state index contributed by atoms with van der Waals surface area (Å²) in [5, 5.41) is 9.60. The van der Waals surface area contributed by atoms with E-state index >= 15 is 0 Å². The number of carbonyl (C=O) groups excluding carboxylic acids is 1. The summed E-state index contributed by atoms with van der Waals surface area (Å²) in [7, 11) is 3.68. The van der Waals surface area contributed by atoms with Crippen molar-refractivity contribution in [2.45, 2.75) is 13.5 Å². The molecule has 0 bridgehead atoms. The second kappa shape index (κ2) is 11.3. The third kappa shape index (κ3) is 6.73. The van der Waals surface area contributed by atoms with Crippen molar-refractivity contribution < 1.29 is 4.79 Å². The van der Waals surface area contributed by atoms with Gasteiger partial charge in [0.1, 0.15) is 0 Å². The molecule has 1 heterocycles. The highest BCUT2D eigenvalue weighted by molar-refractivity contribution is 14.0.